The van der Waals surface area contributed by atoms with Crippen molar-refractivity contribution in [1.29, 1.82) is 0 Å². The van der Waals surface area contributed by atoms with Crippen molar-refractivity contribution in [1.82, 2.24) is 0 Å². The van der Waals surface area contributed by atoms with Crippen LogP contribution < -0.4 is 19.7 Å². The molecule has 1 N–H and O–H groups in total. The maximum Gasteiger partial charge on any atom is 0.387 e. The Morgan fingerprint density at radius 3 is 2.23 bits per heavy atom. The maximum atomic E-state index is 13.4. The zero-order valence-corrected chi connectivity index (χ0v) is 22.6. The Morgan fingerprint density at radius 2 is 1.64 bits per heavy atom. The number of alkyl halides is 2. The van der Waals surface area contributed by atoms with E-state index >= 15 is 0 Å². The molecule has 202 valence electrons. The number of thioether (sulfide) groups is 1. The van der Waals surface area contributed by atoms with Crippen molar-refractivity contribution in [2.45, 2.75) is 27.4 Å². The van der Waals surface area contributed by atoms with Crippen LogP contribution in [-0.2, 0) is 9.59 Å². The van der Waals surface area contributed by atoms with Gasteiger partial charge in [-0.3, -0.25) is 14.5 Å². The van der Waals surface area contributed by atoms with Crippen LogP contribution in [0.15, 0.2) is 71.4 Å². The highest BCUT2D eigenvalue weighted by Crippen LogP contribution is 2.31. The predicted molar refractivity (Wildman–Crippen MR) is 151 cm³/mol. The number of anilines is 2. The molecule has 1 heterocycles. The molecule has 0 radical (unpaired) electrons. The lowest BCUT2D eigenvalue weighted by Crippen LogP contribution is -2.31. The number of amides is 2. The molecule has 10 heteroatoms. The van der Waals surface area contributed by atoms with Gasteiger partial charge in [0, 0.05) is 5.69 Å². The van der Waals surface area contributed by atoms with Crippen LogP contribution in [0.4, 0.5) is 20.2 Å². The highest BCUT2D eigenvalue weighted by Gasteiger charge is 2.32. The fourth-order valence-corrected chi connectivity index (χ4v) is 4.95. The van der Waals surface area contributed by atoms with Crippen molar-refractivity contribution in [2.75, 3.05) is 23.1 Å². The number of nitrogens with zero attached hydrogens (tertiary/aromatic N) is 2. The normalized spacial score (nSPS) is 14.1. The third-order valence-corrected chi connectivity index (χ3v) is 6.78. The Kier molecular flexibility index (Phi) is 8.65. The molecule has 2 amide bonds. The molecule has 0 bridgehead atoms. The Morgan fingerprint density at radius 1 is 1.03 bits per heavy atom. The number of aryl methyl sites for hydroxylation is 3. The van der Waals surface area contributed by atoms with Gasteiger partial charge in [0.1, 0.15) is 17.2 Å². The highest BCUT2D eigenvalue weighted by molar-refractivity contribution is 8.14. The van der Waals surface area contributed by atoms with Crippen LogP contribution in [0.2, 0.25) is 0 Å². The van der Waals surface area contributed by atoms with Gasteiger partial charge in [-0.15, -0.1) is 0 Å². The van der Waals surface area contributed by atoms with Crippen LogP contribution in [0.3, 0.4) is 0 Å². The molecular weight excluding hydrogens is 524 g/mol. The molecule has 0 atom stereocenters. The number of aliphatic imine (C=N–C) groups is 1. The average Bonchev–Trinajstić information content (AvgIpc) is 3.20. The average molecular weight is 552 g/mol. The topological polar surface area (TPSA) is 80.2 Å². The Hall–Kier alpha value is -4.18. The van der Waals surface area contributed by atoms with Gasteiger partial charge in [0.15, 0.2) is 5.17 Å². The second kappa shape index (κ2) is 12.1. The summed E-state index contributed by atoms with van der Waals surface area (Å²) in [6, 6.07) is 16.8. The van der Waals surface area contributed by atoms with E-state index in [-0.39, 0.29) is 28.3 Å². The number of hydrogen-bond donors (Lipinski definition) is 1. The zero-order valence-electron chi connectivity index (χ0n) is 21.8. The molecule has 0 fully saturated rings. The first-order valence-corrected chi connectivity index (χ1v) is 13.0. The first-order chi connectivity index (χ1) is 18.6. The zero-order chi connectivity index (χ0) is 28.1. The SMILES string of the molecule is COc1ccc(C=C2N=C(SCC(=O)Nc3c(C)cc(C)cc3C)N(c3ccc(OC(F)F)cc3)C2=O)cc1. The summed E-state index contributed by atoms with van der Waals surface area (Å²) in [5, 5.41) is 3.24. The van der Waals surface area contributed by atoms with E-state index in [0.717, 1.165) is 39.7 Å². The number of nitrogens with one attached hydrogen (secondary N) is 1. The van der Waals surface area contributed by atoms with Gasteiger partial charge in [-0.25, -0.2) is 4.99 Å². The highest BCUT2D eigenvalue weighted by atomic mass is 32.2. The van der Waals surface area contributed by atoms with Crippen LogP contribution >= 0.6 is 11.8 Å². The van der Waals surface area contributed by atoms with Crippen molar-refractivity contribution >= 4 is 46.2 Å². The number of benzene rings is 3. The summed E-state index contributed by atoms with van der Waals surface area (Å²) in [5.41, 5.74) is 5.07. The van der Waals surface area contributed by atoms with Gasteiger partial charge in [0.25, 0.3) is 5.91 Å². The van der Waals surface area contributed by atoms with E-state index in [4.69, 9.17) is 4.74 Å². The fourth-order valence-electron chi connectivity index (χ4n) is 4.14. The number of hydrogen-bond acceptors (Lipinski definition) is 6. The Bertz CT molecular complexity index is 1410. The third-order valence-electron chi connectivity index (χ3n) is 5.84. The van der Waals surface area contributed by atoms with Gasteiger partial charge in [-0.05, 0) is 79.9 Å². The standard InChI is InChI=1S/C29H27F2N3O4S/c1-17-13-18(2)26(19(3)14-17)33-25(35)16-39-29-32-24(15-20-5-9-22(37-4)10-6-20)27(36)34(29)21-7-11-23(12-8-21)38-28(30)31/h5-15,28H,16H2,1-4H3,(H,33,35). The smallest absolute Gasteiger partial charge is 0.387 e. The number of amidine groups is 1. The number of carbonyl (C=O) groups excluding carboxylic acids is 2. The molecule has 0 saturated heterocycles. The van der Waals surface area contributed by atoms with E-state index in [1.807, 2.05) is 32.9 Å². The molecule has 3 aromatic carbocycles. The molecule has 0 aromatic heterocycles. The summed E-state index contributed by atoms with van der Waals surface area (Å²) in [6.07, 6.45) is 1.63. The van der Waals surface area contributed by atoms with Crippen molar-refractivity contribution in [3.63, 3.8) is 0 Å². The Balaban J connectivity index is 1.58. The van der Waals surface area contributed by atoms with Gasteiger partial charge in [-0.1, -0.05) is 41.6 Å². The molecular formula is C29H27F2N3O4S. The number of ether oxygens (including phenoxy) is 2. The molecule has 0 saturated carbocycles. The van der Waals surface area contributed by atoms with Crippen molar-refractivity contribution in [3.05, 3.63) is 88.6 Å². The van der Waals surface area contributed by atoms with Crippen LogP contribution in [0.25, 0.3) is 6.08 Å². The van der Waals surface area contributed by atoms with E-state index in [0.29, 0.717) is 11.4 Å². The lowest BCUT2D eigenvalue weighted by Gasteiger charge is -2.18. The van der Waals surface area contributed by atoms with Gasteiger partial charge in [0.05, 0.1) is 18.6 Å². The van der Waals surface area contributed by atoms with E-state index in [9.17, 15) is 18.4 Å². The minimum atomic E-state index is -2.96. The monoisotopic (exact) mass is 551 g/mol. The lowest BCUT2D eigenvalue weighted by molar-refractivity contribution is -0.114. The number of rotatable bonds is 8. The summed E-state index contributed by atoms with van der Waals surface area (Å²) < 4.78 is 34.8. The number of halogens is 2. The molecule has 3 aromatic rings. The third kappa shape index (κ3) is 6.83. The van der Waals surface area contributed by atoms with Crippen molar-refractivity contribution in [3.8, 4) is 11.5 Å². The minimum Gasteiger partial charge on any atom is -0.497 e. The molecule has 0 unspecified atom stereocenters. The van der Waals surface area contributed by atoms with Gasteiger partial charge in [0.2, 0.25) is 5.91 Å². The Labute approximate surface area is 229 Å². The second-order valence-corrected chi connectivity index (χ2v) is 9.76. The second-order valence-electron chi connectivity index (χ2n) is 8.82. The van der Waals surface area contributed by atoms with Gasteiger partial charge >= 0.3 is 6.61 Å². The minimum absolute atomic E-state index is 0.00222. The van der Waals surface area contributed by atoms with E-state index in [1.54, 1.807) is 37.5 Å². The summed E-state index contributed by atoms with van der Waals surface area (Å²) in [7, 11) is 1.56. The molecule has 0 aliphatic carbocycles. The van der Waals surface area contributed by atoms with Crippen LogP contribution in [0, 0.1) is 20.8 Å². The van der Waals surface area contributed by atoms with Crippen LogP contribution in [0.1, 0.15) is 22.3 Å². The van der Waals surface area contributed by atoms with E-state index in [1.165, 1.54) is 29.2 Å². The lowest BCUT2D eigenvalue weighted by atomic mass is 10.1. The maximum absolute atomic E-state index is 13.4. The summed E-state index contributed by atoms with van der Waals surface area (Å²) in [6.45, 7) is 2.90. The molecule has 1 aliphatic heterocycles. The quantitative estimate of drug-likeness (QED) is 0.331. The van der Waals surface area contributed by atoms with E-state index in [2.05, 4.69) is 15.0 Å². The molecule has 4 rings (SSSR count). The number of carbonyl (C=O) groups is 2. The van der Waals surface area contributed by atoms with E-state index < -0.39 is 12.5 Å². The van der Waals surface area contributed by atoms with Crippen LogP contribution in [0.5, 0.6) is 11.5 Å². The molecule has 1 aliphatic rings. The molecule has 39 heavy (non-hydrogen) atoms. The fraction of sp³-hybridized carbons (Fsp3) is 0.207. The summed E-state index contributed by atoms with van der Waals surface area (Å²) in [4.78, 5) is 32.1. The summed E-state index contributed by atoms with van der Waals surface area (Å²) >= 11 is 1.10. The van der Waals surface area contributed by atoms with Crippen molar-refractivity contribution in [2.24, 2.45) is 4.99 Å². The van der Waals surface area contributed by atoms with Gasteiger partial charge < -0.3 is 14.8 Å². The first-order valence-electron chi connectivity index (χ1n) is 12.0. The van der Waals surface area contributed by atoms with Gasteiger partial charge in [-0.2, -0.15) is 8.78 Å². The predicted octanol–water partition coefficient (Wildman–Crippen LogP) is 6.34. The van der Waals surface area contributed by atoms with Crippen LogP contribution in [-0.4, -0.2) is 36.5 Å². The van der Waals surface area contributed by atoms with Crippen molar-refractivity contribution < 1.29 is 27.8 Å². The molecule has 0 spiro atoms. The largest absolute Gasteiger partial charge is 0.497 e. The molecule has 7 nitrogen and oxygen atoms in total. The number of methoxy groups -OCH3 is 1. The summed E-state index contributed by atoms with van der Waals surface area (Å²) in [5.74, 6) is -0.0336. The first kappa shape index (κ1) is 27.8.